The van der Waals surface area contributed by atoms with E-state index >= 15 is 0 Å². The number of nitrogens with zero attached hydrogens (tertiary/aromatic N) is 1. The van der Waals surface area contributed by atoms with Gasteiger partial charge in [-0.2, -0.15) is 0 Å². The molecule has 1 saturated heterocycles. The smallest absolute Gasteiger partial charge is 0.508 e. The fourth-order valence-corrected chi connectivity index (χ4v) is 6.50. The highest BCUT2D eigenvalue weighted by molar-refractivity contribution is 8.14. The van der Waals surface area contributed by atoms with E-state index in [-0.39, 0.29) is 42.5 Å². The molecular weight excluding hydrogens is 600 g/mol. The first-order chi connectivity index (χ1) is 21.6. The summed E-state index contributed by atoms with van der Waals surface area (Å²) < 4.78 is 15.5. The van der Waals surface area contributed by atoms with E-state index in [1.807, 2.05) is 30.3 Å². The first-order valence-corrected chi connectivity index (χ1v) is 15.1. The Hall–Kier alpha value is -4.68. The zero-order chi connectivity index (χ0) is 32.6. The maximum atomic E-state index is 14.4. The lowest BCUT2D eigenvalue weighted by atomic mass is 9.86. The number of thioether (sulfide) groups is 1. The lowest BCUT2D eigenvalue weighted by Crippen LogP contribution is -2.62. The van der Waals surface area contributed by atoms with Crippen LogP contribution in [0.3, 0.4) is 0 Å². The van der Waals surface area contributed by atoms with Gasteiger partial charge in [0.2, 0.25) is 11.4 Å². The van der Waals surface area contributed by atoms with Crippen LogP contribution in [-0.4, -0.2) is 63.4 Å². The monoisotopic (exact) mass is 634 g/mol. The normalized spacial score (nSPS) is 18.1. The molecule has 1 aliphatic heterocycles. The number of amides is 1. The number of phenols is 1. The van der Waals surface area contributed by atoms with E-state index in [1.165, 1.54) is 25.1 Å². The van der Waals surface area contributed by atoms with Crippen LogP contribution in [0.1, 0.15) is 42.5 Å². The van der Waals surface area contributed by atoms with Gasteiger partial charge in [-0.25, -0.2) is 9.59 Å². The van der Waals surface area contributed by atoms with Crippen molar-refractivity contribution >= 4 is 40.7 Å². The molecule has 3 N–H and O–H groups in total. The minimum absolute atomic E-state index is 0.00642. The molecule has 236 valence electrons. The summed E-state index contributed by atoms with van der Waals surface area (Å²) in [7, 11) is 1.12. The molecule has 3 aromatic rings. The third kappa shape index (κ3) is 7.52. The number of methoxy groups -OCH3 is 1. The van der Waals surface area contributed by atoms with Crippen LogP contribution in [0, 0.1) is 0 Å². The van der Waals surface area contributed by atoms with Crippen LogP contribution in [0.5, 0.6) is 11.5 Å². The quantitative estimate of drug-likeness (QED) is 0.177. The number of para-hydroxylation sites is 1. The maximum Gasteiger partial charge on any atom is 0.514 e. The van der Waals surface area contributed by atoms with Gasteiger partial charge < -0.3 is 30.0 Å². The Morgan fingerprint density at radius 3 is 2.27 bits per heavy atom. The number of benzene rings is 3. The van der Waals surface area contributed by atoms with Crippen molar-refractivity contribution in [2.75, 3.05) is 13.7 Å². The number of aromatic hydroxyl groups is 1. The SMILES string of the molecule is COC(=O)[C@]1(C(=O)C(Cc2ccc(OC(=O)OCc3ccccc3)cc2)SC(C)=O)CCC(c2ccccc2O)N1C(=O)CN. The van der Waals surface area contributed by atoms with Gasteiger partial charge in [-0.15, -0.1) is 0 Å². The van der Waals surface area contributed by atoms with Crippen molar-refractivity contribution in [2.45, 2.75) is 49.6 Å². The minimum atomic E-state index is -2.09. The third-order valence-corrected chi connectivity index (χ3v) is 8.52. The summed E-state index contributed by atoms with van der Waals surface area (Å²) in [5, 5.41) is 9.10. The van der Waals surface area contributed by atoms with E-state index in [9.17, 15) is 29.1 Å². The lowest BCUT2D eigenvalue weighted by Gasteiger charge is -2.39. The summed E-state index contributed by atoms with van der Waals surface area (Å²) in [4.78, 5) is 66.9. The molecule has 1 amide bonds. The predicted molar refractivity (Wildman–Crippen MR) is 165 cm³/mol. The van der Waals surface area contributed by atoms with Crippen molar-refractivity contribution in [2.24, 2.45) is 5.73 Å². The van der Waals surface area contributed by atoms with Gasteiger partial charge in [-0.05, 0) is 48.6 Å². The van der Waals surface area contributed by atoms with Crippen molar-refractivity contribution in [1.29, 1.82) is 0 Å². The molecule has 3 aromatic carbocycles. The highest BCUT2D eigenvalue weighted by atomic mass is 32.2. The molecule has 2 unspecified atom stereocenters. The van der Waals surface area contributed by atoms with Crippen LogP contribution in [0.4, 0.5) is 4.79 Å². The molecule has 1 heterocycles. The fourth-order valence-electron chi connectivity index (χ4n) is 5.53. The average Bonchev–Trinajstić information content (AvgIpc) is 3.45. The van der Waals surface area contributed by atoms with Gasteiger partial charge in [0.1, 0.15) is 18.1 Å². The number of esters is 1. The Morgan fingerprint density at radius 1 is 0.978 bits per heavy atom. The second-order valence-electron chi connectivity index (χ2n) is 10.4. The Balaban J connectivity index is 1.58. The molecule has 1 aliphatic rings. The van der Waals surface area contributed by atoms with Gasteiger partial charge in [-0.1, -0.05) is 72.4 Å². The summed E-state index contributed by atoms with van der Waals surface area (Å²) in [6.45, 7) is 0.839. The molecule has 0 bridgehead atoms. The number of ketones is 1. The summed E-state index contributed by atoms with van der Waals surface area (Å²) in [5.41, 5.74) is 5.41. The molecule has 1 fully saturated rings. The molecule has 3 atom stereocenters. The molecule has 0 saturated carbocycles. The van der Waals surface area contributed by atoms with Gasteiger partial charge in [-0.3, -0.25) is 14.4 Å². The molecule has 0 spiro atoms. The number of hydrogen-bond donors (Lipinski definition) is 2. The highest BCUT2D eigenvalue weighted by Crippen LogP contribution is 2.47. The number of rotatable bonds is 11. The first-order valence-electron chi connectivity index (χ1n) is 14.2. The average molecular weight is 635 g/mol. The van der Waals surface area contributed by atoms with E-state index in [0.29, 0.717) is 11.1 Å². The number of hydrogen-bond acceptors (Lipinski definition) is 11. The third-order valence-electron chi connectivity index (χ3n) is 7.52. The summed E-state index contributed by atoms with van der Waals surface area (Å²) in [6, 6.07) is 20.9. The Kier molecular flexibility index (Phi) is 11.0. The molecule has 4 rings (SSSR count). The molecule has 0 aromatic heterocycles. The highest BCUT2D eigenvalue weighted by Gasteiger charge is 2.61. The van der Waals surface area contributed by atoms with Gasteiger partial charge in [0.25, 0.3) is 0 Å². The maximum absolute atomic E-state index is 14.4. The topological polar surface area (TPSA) is 163 Å². The molecule has 0 aliphatic carbocycles. The predicted octanol–water partition coefficient (Wildman–Crippen LogP) is 4.10. The van der Waals surface area contributed by atoms with Gasteiger partial charge in [0.15, 0.2) is 10.9 Å². The number of ether oxygens (including phenoxy) is 3. The second kappa shape index (κ2) is 14.9. The van der Waals surface area contributed by atoms with E-state index < -0.39 is 47.2 Å². The standard InChI is InChI=1S/C33H34N2O9S/c1-21(36)45-28(18-22-12-14-24(15-13-22)44-32(41)43-20-23-8-4-3-5-9-23)30(39)33(31(40)42-2)17-16-26(35(33)29(38)19-34)25-10-6-7-11-27(25)37/h3-15,26,28,37H,16-20,34H2,1-2H3/t26?,28?,33-/m1/s1. The van der Waals surface area contributed by atoms with E-state index in [4.69, 9.17) is 19.9 Å². The molecule has 12 heteroatoms. The molecular formula is C33H34N2O9S. The van der Waals surface area contributed by atoms with Crippen LogP contribution in [-0.2, 0) is 41.7 Å². The molecule has 11 nitrogen and oxygen atoms in total. The Bertz CT molecular complexity index is 1550. The second-order valence-corrected chi connectivity index (χ2v) is 11.7. The molecule has 0 radical (unpaired) electrons. The first kappa shape index (κ1) is 33.2. The van der Waals surface area contributed by atoms with Crippen LogP contribution in [0.2, 0.25) is 0 Å². The molecule has 45 heavy (non-hydrogen) atoms. The van der Waals surface area contributed by atoms with E-state index in [1.54, 1.807) is 30.3 Å². The minimum Gasteiger partial charge on any atom is -0.508 e. The number of carbonyl (C=O) groups excluding carboxylic acids is 5. The van der Waals surface area contributed by atoms with Gasteiger partial charge in [0, 0.05) is 12.5 Å². The van der Waals surface area contributed by atoms with E-state index in [2.05, 4.69) is 0 Å². The van der Waals surface area contributed by atoms with Gasteiger partial charge in [0.05, 0.1) is 24.9 Å². The van der Waals surface area contributed by atoms with Crippen molar-refractivity contribution in [3.8, 4) is 11.5 Å². The van der Waals surface area contributed by atoms with Crippen molar-refractivity contribution in [3.63, 3.8) is 0 Å². The fraction of sp³-hybridized carbons (Fsp3) is 0.303. The van der Waals surface area contributed by atoms with Crippen molar-refractivity contribution in [1.82, 2.24) is 4.90 Å². The van der Waals surface area contributed by atoms with E-state index in [0.717, 1.165) is 29.3 Å². The number of carbonyl (C=O) groups is 5. The Labute approximate surface area is 264 Å². The van der Waals surface area contributed by atoms with Crippen LogP contribution < -0.4 is 10.5 Å². The summed E-state index contributed by atoms with van der Waals surface area (Å²) in [6.07, 6.45) is -0.826. The Morgan fingerprint density at radius 2 is 1.64 bits per heavy atom. The van der Waals surface area contributed by atoms with Crippen LogP contribution in [0.25, 0.3) is 0 Å². The number of Topliss-reactive ketones (excluding diaryl/α,β-unsaturated/α-hetero) is 1. The summed E-state index contributed by atoms with van der Waals surface area (Å²) in [5.74, 6) is -2.25. The largest absolute Gasteiger partial charge is 0.514 e. The lowest BCUT2D eigenvalue weighted by molar-refractivity contribution is -0.165. The van der Waals surface area contributed by atoms with Crippen LogP contribution >= 0.6 is 11.8 Å². The summed E-state index contributed by atoms with van der Waals surface area (Å²) >= 11 is 0.736. The van der Waals surface area contributed by atoms with Crippen molar-refractivity contribution in [3.05, 3.63) is 95.6 Å². The number of likely N-dealkylation sites (tertiary alicyclic amines) is 1. The van der Waals surface area contributed by atoms with Crippen molar-refractivity contribution < 1.29 is 43.3 Å². The zero-order valence-electron chi connectivity index (χ0n) is 24.8. The zero-order valence-corrected chi connectivity index (χ0v) is 25.7. The number of phenolic OH excluding ortho intramolecular Hbond substituents is 1. The van der Waals surface area contributed by atoms with Crippen LogP contribution in [0.15, 0.2) is 78.9 Å². The van der Waals surface area contributed by atoms with Gasteiger partial charge >= 0.3 is 12.1 Å². The number of nitrogens with two attached hydrogens (primary N) is 1.